The molecule has 104 valence electrons. The van der Waals surface area contributed by atoms with Gasteiger partial charge in [0.25, 0.3) is 0 Å². The van der Waals surface area contributed by atoms with Crippen LogP contribution in [0.3, 0.4) is 0 Å². The van der Waals surface area contributed by atoms with Gasteiger partial charge in [0, 0.05) is 30.9 Å². The first kappa shape index (κ1) is 14.0. The van der Waals surface area contributed by atoms with Crippen LogP contribution >= 0.6 is 0 Å². The van der Waals surface area contributed by atoms with E-state index in [4.69, 9.17) is 10.5 Å². The second-order valence-electron chi connectivity index (χ2n) is 4.86. The number of primary amides is 1. The number of halogens is 1. The van der Waals surface area contributed by atoms with Crippen molar-refractivity contribution in [3.63, 3.8) is 0 Å². The van der Waals surface area contributed by atoms with Crippen molar-refractivity contribution in [3.8, 4) is 0 Å². The Morgan fingerprint density at radius 1 is 1.42 bits per heavy atom. The minimum Gasteiger partial charge on any atom is -0.381 e. The Morgan fingerprint density at radius 2 is 2.16 bits per heavy atom. The number of hydrogen-bond donors (Lipinski definition) is 2. The summed E-state index contributed by atoms with van der Waals surface area (Å²) in [7, 11) is 0. The zero-order valence-corrected chi connectivity index (χ0v) is 10.8. The van der Waals surface area contributed by atoms with Gasteiger partial charge in [-0.05, 0) is 37.4 Å². The molecule has 0 saturated carbocycles. The lowest BCUT2D eigenvalue weighted by molar-refractivity contribution is 0.0662. The van der Waals surface area contributed by atoms with Crippen molar-refractivity contribution in [1.29, 1.82) is 0 Å². The van der Waals surface area contributed by atoms with Gasteiger partial charge < -0.3 is 15.8 Å². The van der Waals surface area contributed by atoms with E-state index < -0.39 is 11.7 Å². The van der Waals surface area contributed by atoms with Gasteiger partial charge >= 0.3 is 0 Å². The number of carbonyl (C=O) groups excluding carboxylic acids is 1. The lowest BCUT2D eigenvalue weighted by Gasteiger charge is -2.22. The first-order chi connectivity index (χ1) is 9.16. The van der Waals surface area contributed by atoms with Crippen LogP contribution < -0.4 is 11.1 Å². The van der Waals surface area contributed by atoms with Gasteiger partial charge in [0.2, 0.25) is 5.91 Å². The average molecular weight is 266 g/mol. The zero-order chi connectivity index (χ0) is 13.7. The minimum atomic E-state index is -0.611. The molecule has 0 aliphatic carbocycles. The molecule has 1 amide bonds. The molecule has 1 aromatic carbocycles. The fraction of sp³-hybridized carbons (Fsp3) is 0.500. The van der Waals surface area contributed by atoms with E-state index in [0.29, 0.717) is 18.0 Å². The molecule has 1 aliphatic rings. The lowest BCUT2D eigenvalue weighted by atomic mass is 10.0. The topological polar surface area (TPSA) is 64.4 Å². The molecule has 1 fully saturated rings. The van der Waals surface area contributed by atoms with Gasteiger partial charge in [0.1, 0.15) is 5.82 Å². The van der Waals surface area contributed by atoms with Crippen molar-refractivity contribution < 1.29 is 13.9 Å². The van der Waals surface area contributed by atoms with Crippen LogP contribution in [-0.2, 0) is 11.3 Å². The number of nitrogens with two attached hydrogens (primary N) is 1. The van der Waals surface area contributed by atoms with Gasteiger partial charge in [0.05, 0.1) is 0 Å². The van der Waals surface area contributed by atoms with Crippen molar-refractivity contribution in [2.75, 3.05) is 19.8 Å². The van der Waals surface area contributed by atoms with Gasteiger partial charge in [0.15, 0.2) is 0 Å². The van der Waals surface area contributed by atoms with Crippen molar-refractivity contribution in [2.24, 2.45) is 11.7 Å². The van der Waals surface area contributed by atoms with Crippen LogP contribution in [0, 0.1) is 11.7 Å². The van der Waals surface area contributed by atoms with Gasteiger partial charge in [-0.25, -0.2) is 4.39 Å². The Balaban J connectivity index is 1.83. The van der Waals surface area contributed by atoms with E-state index in [9.17, 15) is 9.18 Å². The zero-order valence-electron chi connectivity index (χ0n) is 10.8. The van der Waals surface area contributed by atoms with E-state index in [-0.39, 0.29) is 5.56 Å². The van der Waals surface area contributed by atoms with Gasteiger partial charge in [-0.2, -0.15) is 0 Å². The summed E-state index contributed by atoms with van der Waals surface area (Å²) in [6.45, 7) is 2.95. The average Bonchev–Trinajstić information content (AvgIpc) is 2.41. The van der Waals surface area contributed by atoms with Gasteiger partial charge in [-0.15, -0.1) is 0 Å². The molecule has 3 N–H and O–H groups in total. The van der Waals surface area contributed by atoms with Crippen LogP contribution in [0.1, 0.15) is 28.8 Å². The van der Waals surface area contributed by atoms with Crippen molar-refractivity contribution in [1.82, 2.24) is 5.32 Å². The fourth-order valence-corrected chi connectivity index (χ4v) is 2.21. The second kappa shape index (κ2) is 6.63. The summed E-state index contributed by atoms with van der Waals surface area (Å²) in [5.41, 5.74) is 5.85. The first-order valence-electron chi connectivity index (χ1n) is 6.53. The number of nitrogens with one attached hydrogen (secondary N) is 1. The van der Waals surface area contributed by atoms with Gasteiger partial charge in [-0.3, -0.25) is 4.79 Å². The maximum absolute atomic E-state index is 13.7. The maximum Gasteiger partial charge on any atom is 0.248 e. The standard InChI is InChI=1S/C14H19FN2O2/c15-13-7-11(14(16)18)1-2-12(13)9-17-8-10-3-5-19-6-4-10/h1-2,7,10,17H,3-6,8-9H2,(H2,16,18). The largest absolute Gasteiger partial charge is 0.381 e. The third-order valence-corrected chi connectivity index (χ3v) is 3.43. The molecule has 0 radical (unpaired) electrons. The Labute approximate surface area is 112 Å². The number of benzene rings is 1. The summed E-state index contributed by atoms with van der Waals surface area (Å²) in [6, 6.07) is 4.34. The number of hydrogen-bond acceptors (Lipinski definition) is 3. The lowest BCUT2D eigenvalue weighted by Crippen LogP contribution is -2.27. The van der Waals surface area contributed by atoms with E-state index in [2.05, 4.69) is 5.32 Å². The van der Waals surface area contributed by atoms with E-state index in [1.807, 2.05) is 0 Å². The molecule has 1 aliphatic heterocycles. The highest BCUT2D eigenvalue weighted by Gasteiger charge is 2.13. The molecule has 0 spiro atoms. The fourth-order valence-electron chi connectivity index (χ4n) is 2.21. The molecule has 1 aromatic rings. The quantitative estimate of drug-likeness (QED) is 0.847. The predicted molar refractivity (Wildman–Crippen MR) is 70.2 cm³/mol. The summed E-state index contributed by atoms with van der Waals surface area (Å²) in [5.74, 6) is -0.405. The molecular weight excluding hydrogens is 247 g/mol. The van der Waals surface area contributed by atoms with Gasteiger partial charge in [-0.1, -0.05) is 6.07 Å². The molecule has 0 bridgehead atoms. The Hall–Kier alpha value is -1.46. The summed E-state index contributed by atoms with van der Waals surface area (Å²) >= 11 is 0. The highest BCUT2D eigenvalue weighted by Crippen LogP contribution is 2.14. The molecule has 1 heterocycles. The van der Waals surface area contributed by atoms with Crippen LogP contribution in [0.15, 0.2) is 18.2 Å². The Bertz CT molecular complexity index is 445. The van der Waals surface area contributed by atoms with Crippen LogP contribution in [-0.4, -0.2) is 25.7 Å². The highest BCUT2D eigenvalue weighted by atomic mass is 19.1. The van der Waals surface area contributed by atoms with Crippen LogP contribution in [0.2, 0.25) is 0 Å². The maximum atomic E-state index is 13.7. The number of amides is 1. The molecule has 0 unspecified atom stereocenters. The number of ether oxygens (including phenoxy) is 1. The van der Waals surface area contributed by atoms with Crippen LogP contribution in [0.4, 0.5) is 4.39 Å². The molecule has 0 atom stereocenters. The molecule has 0 aromatic heterocycles. The van der Waals surface area contributed by atoms with Crippen molar-refractivity contribution in [2.45, 2.75) is 19.4 Å². The van der Waals surface area contributed by atoms with E-state index in [1.165, 1.54) is 6.07 Å². The summed E-state index contributed by atoms with van der Waals surface area (Å²) in [4.78, 5) is 10.9. The minimum absolute atomic E-state index is 0.200. The normalized spacial score (nSPS) is 16.5. The van der Waals surface area contributed by atoms with Crippen molar-refractivity contribution in [3.05, 3.63) is 35.1 Å². The van der Waals surface area contributed by atoms with E-state index >= 15 is 0 Å². The highest BCUT2D eigenvalue weighted by molar-refractivity contribution is 5.92. The molecule has 5 heteroatoms. The van der Waals surface area contributed by atoms with Crippen LogP contribution in [0.5, 0.6) is 0 Å². The number of carbonyl (C=O) groups is 1. The SMILES string of the molecule is NC(=O)c1ccc(CNCC2CCOCC2)c(F)c1. The monoisotopic (exact) mass is 266 g/mol. The van der Waals surface area contributed by atoms with Crippen molar-refractivity contribution >= 4 is 5.91 Å². The summed E-state index contributed by atoms with van der Waals surface area (Å²) < 4.78 is 19.0. The van der Waals surface area contributed by atoms with E-state index in [1.54, 1.807) is 12.1 Å². The second-order valence-corrected chi connectivity index (χ2v) is 4.86. The first-order valence-corrected chi connectivity index (χ1v) is 6.53. The molecule has 19 heavy (non-hydrogen) atoms. The molecule has 1 saturated heterocycles. The molecule has 2 rings (SSSR count). The number of rotatable bonds is 5. The molecule has 4 nitrogen and oxygen atoms in total. The smallest absolute Gasteiger partial charge is 0.248 e. The third-order valence-electron chi connectivity index (χ3n) is 3.43. The Morgan fingerprint density at radius 3 is 2.79 bits per heavy atom. The predicted octanol–water partition coefficient (Wildman–Crippen LogP) is 1.44. The molecular formula is C14H19FN2O2. The third kappa shape index (κ3) is 4.01. The summed E-state index contributed by atoms with van der Waals surface area (Å²) in [5, 5.41) is 3.25. The summed E-state index contributed by atoms with van der Waals surface area (Å²) in [6.07, 6.45) is 2.10. The van der Waals surface area contributed by atoms with E-state index in [0.717, 1.165) is 32.6 Å². The van der Waals surface area contributed by atoms with Crippen LogP contribution in [0.25, 0.3) is 0 Å². The Kier molecular flexibility index (Phi) is 4.87.